The highest BCUT2D eigenvalue weighted by Gasteiger charge is 2.20. The van der Waals surface area contributed by atoms with E-state index in [0.717, 1.165) is 41.2 Å². The molecule has 2 aromatic rings. The lowest BCUT2D eigenvalue weighted by Gasteiger charge is -2.26. The van der Waals surface area contributed by atoms with Crippen LogP contribution in [-0.2, 0) is 0 Å². The van der Waals surface area contributed by atoms with Gasteiger partial charge in [0.2, 0.25) is 0 Å². The molecular weight excluding hydrogens is 262 g/mol. The fourth-order valence-electron chi connectivity index (χ4n) is 2.67. The SMILES string of the molecule is Cc1ccc(C(=N)N)c(N2CCCOc3ccccc32)c1. The normalized spacial score (nSPS) is 14.0. The van der Waals surface area contributed by atoms with Gasteiger partial charge in [-0.2, -0.15) is 0 Å². The van der Waals surface area contributed by atoms with Gasteiger partial charge < -0.3 is 15.4 Å². The second-order valence-corrected chi connectivity index (χ2v) is 5.26. The van der Waals surface area contributed by atoms with Gasteiger partial charge in [0, 0.05) is 12.1 Å². The van der Waals surface area contributed by atoms with Gasteiger partial charge >= 0.3 is 0 Å². The maximum Gasteiger partial charge on any atom is 0.142 e. The minimum absolute atomic E-state index is 0.0904. The highest BCUT2D eigenvalue weighted by Crippen LogP contribution is 2.37. The number of ether oxygens (including phenoxy) is 1. The molecule has 0 fully saturated rings. The van der Waals surface area contributed by atoms with E-state index in [9.17, 15) is 0 Å². The summed E-state index contributed by atoms with van der Waals surface area (Å²) in [6.07, 6.45) is 0.931. The van der Waals surface area contributed by atoms with E-state index in [2.05, 4.69) is 11.0 Å². The van der Waals surface area contributed by atoms with Crippen molar-refractivity contribution in [1.82, 2.24) is 0 Å². The summed E-state index contributed by atoms with van der Waals surface area (Å²) in [5.74, 6) is 0.971. The van der Waals surface area contributed by atoms with Crippen molar-refractivity contribution in [3.63, 3.8) is 0 Å². The zero-order valence-corrected chi connectivity index (χ0v) is 12.1. The summed E-state index contributed by atoms with van der Waals surface area (Å²) in [6.45, 7) is 3.60. The number of rotatable bonds is 2. The summed E-state index contributed by atoms with van der Waals surface area (Å²) in [6, 6.07) is 14.0. The van der Waals surface area contributed by atoms with Gasteiger partial charge in [0.15, 0.2) is 0 Å². The molecule has 1 heterocycles. The van der Waals surface area contributed by atoms with Crippen LogP contribution in [-0.4, -0.2) is 19.0 Å². The standard InChI is InChI=1S/C17H19N3O/c1-12-7-8-13(17(18)19)15(11-12)20-9-4-10-21-16-6-3-2-5-14(16)20/h2-3,5-8,11H,4,9-10H2,1H3,(H3,18,19). The molecule has 0 aromatic heterocycles. The van der Waals surface area contributed by atoms with Crippen molar-refractivity contribution in [2.24, 2.45) is 5.73 Å². The highest BCUT2D eigenvalue weighted by atomic mass is 16.5. The Morgan fingerprint density at radius 1 is 1.19 bits per heavy atom. The molecule has 0 atom stereocenters. The fourth-order valence-corrected chi connectivity index (χ4v) is 2.67. The van der Waals surface area contributed by atoms with Gasteiger partial charge in [-0.15, -0.1) is 0 Å². The first-order chi connectivity index (χ1) is 10.2. The third-order valence-electron chi connectivity index (χ3n) is 3.67. The number of nitrogens with zero attached hydrogens (tertiary/aromatic N) is 1. The van der Waals surface area contributed by atoms with Crippen LogP contribution >= 0.6 is 0 Å². The maximum absolute atomic E-state index is 7.82. The molecule has 4 nitrogen and oxygen atoms in total. The van der Waals surface area contributed by atoms with Gasteiger partial charge in [-0.05, 0) is 43.2 Å². The van der Waals surface area contributed by atoms with E-state index in [4.69, 9.17) is 15.9 Å². The molecule has 0 unspecified atom stereocenters. The van der Waals surface area contributed by atoms with E-state index in [0.29, 0.717) is 6.61 Å². The lowest BCUT2D eigenvalue weighted by molar-refractivity contribution is 0.322. The van der Waals surface area contributed by atoms with Crippen LogP contribution in [0.5, 0.6) is 5.75 Å². The monoisotopic (exact) mass is 281 g/mol. The van der Waals surface area contributed by atoms with E-state index in [1.165, 1.54) is 0 Å². The molecule has 0 amide bonds. The van der Waals surface area contributed by atoms with Crippen molar-refractivity contribution < 1.29 is 4.74 Å². The number of anilines is 2. The Balaban J connectivity index is 2.16. The number of benzene rings is 2. The Bertz CT molecular complexity index is 681. The third kappa shape index (κ3) is 2.57. The number of nitrogen functional groups attached to an aromatic ring is 1. The molecule has 108 valence electrons. The molecule has 4 heteroatoms. The maximum atomic E-state index is 7.82. The van der Waals surface area contributed by atoms with E-state index in [1.807, 2.05) is 43.3 Å². The predicted octanol–water partition coefficient (Wildman–Crippen LogP) is 3.20. The summed E-state index contributed by atoms with van der Waals surface area (Å²) in [5.41, 5.74) is 9.67. The zero-order chi connectivity index (χ0) is 14.8. The summed E-state index contributed by atoms with van der Waals surface area (Å²) < 4.78 is 5.80. The van der Waals surface area contributed by atoms with E-state index < -0.39 is 0 Å². The summed E-state index contributed by atoms with van der Waals surface area (Å²) >= 11 is 0. The van der Waals surface area contributed by atoms with Crippen molar-refractivity contribution in [2.45, 2.75) is 13.3 Å². The van der Waals surface area contributed by atoms with Gasteiger partial charge in [-0.3, -0.25) is 5.41 Å². The van der Waals surface area contributed by atoms with Crippen LogP contribution in [0.2, 0.25) is 0 Å². The summed E-state index contributed by atoms with van der Waals surface area (Å²) in [5, 5.41) is 7.82. The van der Waals surface area contributed by atoms with Crippen LogP contribution in [0.25, 0.3) is 0 Å². The lowest BCUT2D eigenvalue weighted by atomic mass is 10.1. The zero-order valence-electron chi connectivity index (χ0n) is 12.1. The summed E-state index contributed by atoms with van der Waals surface area (Å²) in [7, 11) is 0. The molecule has 0 bridgehead atoms. The average Bonchev–Trinajstić information content (AvgIpc) is 2.69. The second-order valence-electron chi connectivity index (χ2n) is 5.26. The molecule has 3 N–H and O–H groups in total. The van der Waals surface area contributed by atoms with Crippen molar-refractivity contribution in [3.8, 4) is 5.75 Å². The number of para-hydroxylation sites is 2. The molecule has 1 aliphatic heterocycles. The number of amidine groups is 1. The molecule has 0 radical (unpaired) electrons. The largest absolute Gasteiger partial charge is 0.491 e. The van der Waals surface area contributed by atoms with Crippen molar-refractivity contribution in [3.05, 3.63) is 53.6 Å². The second kappa shape index (κ2) is 5.48. The minimum atomic E-state index is 0.0904. The molecule has 1 aliphatic rings. The molecule has 0 saturated heterocycles. The molecule has 0 saturated carbocycles. The summed E-state index contributed by atoms with van der Waals surface area (Å²) in [4.78, 5) is 2.20. The highest BCUT2D eigenvalue weighted by molar-refractivity contribution is 6.01. The molecule has 0 aliphatic carbocycles. The van der Waals surface area contributed by atoms with Crippen molar-refractivity contribution >= 4 is 17.2 Å². The van der Waals surface area contributed by atoms with Gasteiger partial charge in [0.05, 0.1) is 18.0 Å². The fraction of sp³-hybridized carbons (Fsp3) is 0.235. The number of nitrogens with two attached hydrogens (primary N) is 1. The number of nitrogens with one attached hydrogen (secondary N) is 1. The Morgan fingerprint density at radius 3 is 2.81 bits per heavy atom. The molecule has 21 heavy (non-hydrogen) atoms. The Kier molecular flexibility index (Phi) is 3.52. The predicted molar refractivity (Wildman–Crippen MR) is 85.8 cm³/mol. The first-order valence-electron chi connectivity index (χ1n) is 7.11. The Labute approximate surface area is 124 Å². The molecule has 2 aromatic carbocycles. The van der Waals surface area contributed by atoms with Crippen LogP contribution in [0.1, 0.15) is 17.5 Å². The molecule has 3 rings (SSSR count). The number of fused-ring (bicyclic) bond motifs is 1. The van der Waals surface area contributed by atoms with Gasteiger partial charge in [-0.25, -0.2) is 0 Å². The van der Waals surface area contributed by atoms with Crippen molar-refractivity contribution in [2.75, 3.05) is 18.1 Å². The number of aryl methyl sites for hydroxylation is 1. The topological polar surface area (TPSA) is 62.3 Å². The van der Waals surface area contributed by atoms with Gasteiger partial charge in [0.25, 0.3) is 0 Å². The first-order valence-corrected chi connectivity index (χ1v) is 7.11. The first kappa shape index (κ1) is 13.5. The van der Waals surface area contributed by atoms with E-state index >= 15 is 0 Å². The van der Waals surface area contributed by atoms with Gasteiger partial charge in [0.1, 0.15) is 11.6 Å². The average molecular weight is 281 g/mol. The number of hydrogen-bond acceptors (Lipinski definition) is 3. The third-order valence-corrected chi connectivity index (χ3v) is 3.67. The lowest BCUT2D eigenvalue weighted by Crippen LogP contribution is -2.22. The van der Waals surface area contributed by atoms with Gasteiger partial charge in [-0.1, -0.05) is 18.2 Å². The van der Waals surface area contributed by atoms with Crippen LogP contribution < -0.4 is 15.4 Å². The van der Waals surface area contributed by atoms with E-state index in [-0.39, 0.29) is 5.84 Å². The van der Waals surface area contributed by atoms with Crippen LogP contribution in [0, 0.1) is 12.3 Å². The van der Waals surface area contributed by atoms with Crippen molar-refractivity contribution in [1.29, 1.82) is 5.41 Å². The smallest absolute Gasteiger partial charge is 0.142 e. The van der Waals surface area contributed by atoms with Crippen LogP contribution in [0.15, 0.2) is 42.5 Å². The Hall–Kier alpha value is -2.49. The Morgan fingerprint density at radius 2 is 2.00 bits per heavy atom. The minimum Gasteiger partial charge on any atom is -0.491 e. The van der Waals surface area contributed by atoms with Crippen LogP contribution in [0.3, 0.4) is 0 Å². The quantitative estimate of drug-likeness (QED) is 0.656. The molecule has 0 spiro atoms. The van der Waals surface area contributed by atoms with Crippen LogP contribution in [0.4, 0.5) is 11.4 Å². The molecular formula is C17H19N3O. The van der Waals surface area contributed by atoms with E-state index in [1.54, 1.807) is 0 Å². The number of hydrogen-bond donors (Lipinski definition) is 2.